The number of carbonyl (C=O) groups excluding carboxylic acids is 1. The number of thioether (sulfide) groups is 2. The van der Waals surface area contributed by atoms with Crippen molar-refractivity contribution in [1.29, 1.82) is 0 Å². The summed E-state index contributed by atoms with van der Waals surface area (Å²) >= 11 is 3.19. The smallest absolute Gasteiger partial charge is 0.262 e. The topological polar surface area (TPSA) is 61.4 Å². The van der Waals surface area contributed by atoms with Gasteiger partial charge >= 0.3 is 0 Å². The lowest BCUT2D eigenvalue weighted by molar-refractivity contribution is 0.102. The minimum atomic E-state index is -0.175. The summed E-state index contributed by atoms with van der Waals surface area (Å²) < 4.78 is 0. The molecule has 8 heteroatoms. The number of amides is 1. The van der Waals surface area contributed by atoms with Crippen molar-refractivity contribution in [3.05, 3.63) is 59.2 Å². The summed E-state index contributed by atoms with van der Waals surface area (Å²) in [6.45, 7) is 7.60. The van der Waals surface area contributed by atoms with Crippen molar-refractivity contribution in [3.8, 4) is 11.4 Å². The highest BCUT2D eigenvalue weighted by atomic mass is 32.2. The first-order valence-corrected chi connectivity index (χ1v) is 13.8. The maximum atomic E-state index is 13.6. The van der Waals surface area contributed by atoms with Crippen molar-refractivity contribution < 1.29 is 4.79 Å². The highest BCUT2D eigenvalue weighted by Crippen LogP contribution is 2.32. The lowest BCUT2D eigenvalue weighted by Gasteiger charge is -2.34. The lowest BCUT2D eigenvalue weighted by Crippen LogP contribution is -2.45. The van der Waals surface area contributed by atoms with E-state index < -0.39 is 0 Å². The van der Waals surface area contributed by atoms with Gasteiger partial charge in [-0.05, 0) is 68.8 Å². The third-order valence-corrected chi connectivity index (χ3v) is 7.62. The Morgan fingerprint density at radius 3 is 2.24 bits per heavy atom. The Kier molecular flexibility index (Phi) is 7.80. The SMILES string of the molecule is CSc1ccc(-c2nc(SC)c(C(=O)Nc3ccc(C)c(C)c3)c(N3CCN(C)CC3)n2)cc1. The predicted octanol–water partition coefficient (Wildman–Crippen LogP) is 5.21. The molecule has 1 saturated heterocycles. The molecule has 0 aliphatic carbocycles. The van der Waals surface area contributed by atoms with Gasteiger partial charge in [0.2, 0.25) is 0 Å². The molecule has 0 spiro atoms. The van der Waals surface area contributed by atoms with Crippen molar-refractivity contribution >= 4 is 40.9 Å². The first kappa shape index (κ1) is 24.6. The predicted molar refractivity (Wildman–Crippen MR) is 145 cm³/mol. The Morgan fingerprint density at radius 1 is 0.912 bits per heavy atom. The van der Waals surface area contributed by atoms with E-state index >= 15 is 0 Å². The third-order valence-electron chi connectivity index (χ3n) is 6.19. The molecular formula is C26H31N5OS2. The van der Waals surface area contributed by atoms with Crippen LogP contribution in [0.1, 0.15) is 21.5 Å². The van der Waals surface area contributed by atoms with Crippen molar-refractivity contribution in [2.45, 2.75) is 23.8 Å². The first-order chi connectivity index (χ1) is 16.4. The Balaban J connectivity index is 1.77. The molecule has 0 unspecified atom stereocenters. The second-order valence-corrected chi connectivity index (χ2v) is 10.2. The van der Waals surface area contributed by atoms with E-state index in [9.17, 15) is 4.79 Å². The number of benzene rings is 2. The van der Waals surface area contributed by atoms with Crippen molar-refractivity contribution in [2.75, 3.05) is 56.0 Å². The van der Waals surface area contributed by atoms with Crippen LogP contribution < -0.4 is 10.2 Å². The molecular weight excluding hydrogens is 462 g/mol. The van der Waals surface area contributed by atoms with E-state index in [2.05, 4.69) is 47.5 Å². The summed E-state index contributed by atoms with van der Waals surface area (Å²) in [5, 5.41) is 3.78. The lowest BCUT2D eigenvalue weighted by atomic mass is 10.1. The number of nitrogens with zero attached hydrogens (tertiary/aromatic N) is 4. The van der Waals surface area contributed by atoms with E-state index in [1.807, 2.05) is 43.5 Å². The Morgan fingerprint density at radius 2 is 1.62 bits per heavy atom. The molecule has 1 aliphatic heterocycles. The molecule has 1 amide bonds. The minimum Gasteiger partial charge on any atom is -0.353 e. The monoisotopic (exact) mass is 493 g/mol. The van der Waals surface area contributed by atoms with E-state index in [1.165, 1.54) is 22.2 Å². The summed E-state index contributed by atoms with van der Waals surface area (Å²) in [5.41, 5.74) is 4.61. The molecule has 3 aromatic rings. The normalized spacial score (nSPS) is 14.3. The van der Waals surface area contributed by atoms with Crippen LogP contribution in [0.5, 0.6) is 0 Å². The molecule has 0 saturated carbocycles. The van der Waals surface area contributed by atoms with Crippen molar-refractivity contribution in [3.63, 3.8) is 0 Å². The van der Waals surface area contributed by atoms with Gasteiger partial charge in [0, 0.05) is 42.3 Å². The second kappa shape index (κ2) is 10.8. The molecule has 2 heterocycles. The maximum Gasteiger partial charge on any atom is 0.262 e. The van der Waals surface area contributed by atoms with Gasteiger partial charge in [-0.25, -0.2) is 9.97 Å². The van der Waals surface area contributed by atoms with E-state index in [4.69, 9.17) is 9.97 Å². The van der Waals surface area contributed by atoms with Crippen LogP contribution in [0.15, 0.2) is 52.4 Å². The van der Waals surface area contributed by atoms with Gasteiger partial charge in [-0.3, -0.25) is 4.79 Å². The van der Waals surface area contributed by atoms with Gasteiger partial charge in [0.1, 0.15) is 16.4 Å². The average molecular weight is 494 g/mol. The third kappa shape index (κ3) is 5.40. The fourth-order valence-corrected chi connectivity index (χ4v) is 4.88. The van der Waals surface area contributed by atoms with E-state index in [0.29, 0.717) is 22.2 Å². The van der Waals surface area contributed by atoms with Gasteiger partial charge in [0.15, 0.2) is 5.82 Å². The fourth-order valence-electron chi connectivity index (χ4n) is 3.90. The Hall–Kier alpha value is -2.55. The van der Waals surface area contributed by atoms with Gasteiger partial charge in [0.25, 0.3) is 5.91 Å². The first-order valence-electron chi connectivity index (χ1n) is 11.3. The highest BCUT2D eigenvalue weighted by molar-refractivity contribution is 7.98. The number of aromatic nitrogens is 2. The number of rotatable bonds is 6. The zero-order chi connectivity index (χ0) is 24.2. The fraction of sp³-hybridized carbons (Fsp3) is 0.346. The summed E-state index contributed by atoms with van der Waals surface area (Å²) in [7, 11) is 2.12. The maximum absolute atomic E-state index is 13.6. The highest BCUT2D eigenvalue weighted by Gasteiger charge is 2.27. The number of carbonyl (C=O) groups is 1. The van der Waals surface area contributed by atoms with Gasteiger partial charge in [-0.15, -0.1) is 23.5 Å². The molecule has 1 aromatic heterocycles. The molecule has 2 aromatic carbocycles. The summed E-state index contributed by atoms with van der Waals surface area (Å²) in [6, 6.07) is 14.2. The van der Waals surface area contributed by atoms with Gasteiger partial charge in [0.05, 0.1) is 0 Å². The van der Waals surface area contributed by atoms with Gasteiger partial charge in [-0.2, -0.15) is 0 Å². The molecule has 0 bridgehead atoms. The van der Waals surface area contributed by atoms with E-state index in [-0.39, 0.29) is 5.91 Å². The molecule has 0 radical (unpaired) electrons. The number of piperazine rings is 1. The van der Waals surface area contributed by atoms with Crippen LogP contribution in [0.2, 0.25) is 0 Å². The van der Waals surface area contributed by atoms with Crippen LogP contribution in [0.25, 0.3) is 11.4 Å². The molecule has 1 fully saturated rings. The van der Waals surface area contributed by atoms with Crippen LogP contribution in [-0.2, 0) is 0 Å². The number of aryl methyl sites for hydroxylation is 2. The molecule has 4 rings (SSSR count). The number of anilines is 2. The largest absolute Gasteiger partial charge is 0.353 e. The number of nitrogens with one attached hydrogen (secondary N) is 1. The summed E-state index contributed by atoms with van der Waals surface area (Å²) in [5.74, 6) is 1.18. The summed E-state index contributed by atoms with van der Waals surface area (Å²) in [6.07, 6.45) is 4.02. The van der Waals surface area contributed by atoms with Crippen LogP contribution in [0.4, 0.5) is 11.5 Å². The molecule has 6 nitrogen and oxygen atoms in total. The zero-order valence-corrected chi connectivity index (χ0v) is 22.0. The zero-order valence-electron chi connectivity index (χ0n) is 20.4. The molecule has 34 heavy (non-hydrogen) atoms. The molecule has 1 N–H and O–H groups in total. The average Bonchev–Trinajstić information content (AvgIpc) is 2.86. The van der Waals surface area contributed by atoms with E-state index in [0.717, 1.165) is 43.0 Å². The molecule has 1 aliphatic rings. The summed E-state index contributed by atoms with van der Waals surface area (Å²) in [4.78, 5) is 29.1. The number of hydrogen-bond acceptors (Lipinski definition) is 7. The van der Waals surface area contributed by atoms with E-state index in [1.54, 1.807) is 11.8 Å². The quantitative estimate of drug-likeness (QED) is 0.374. The molecule has 178 valence electrons. The minimum absolute atomic E-state index is 0.175. The second-order valence-electron chi connectivity index (χ2n) is 8.53. The van der Waals surface area contributed by atoms with Crippen LogP contribution in [-0.4, -0.2) is 66.5 Å². The van der Waals surface area contributed by atoms with Gasteiger partial charge < -0.3 is 15.1 Å². The van der Waals surface area contributed by atoms with Crippen molar-refractivity contribution in [1.82, 2.24) is 14.9 Å². The van der Waals surface area contributed by atoms with Crippen LogP contribution >= 0.6 is 23.5 Å². The Labute approximate surface area is 210 Å². The molecule has 0 atom stereocenters. The number of hydrogen-bond donors (Lipinski definition) is 1. The van der Waals surface area contributed by atoms with Gasteiger partial charge in [-0.1, -0.05) is 18.2 Å². The van der Waals surface area contributed by atoms with Crippen molar-refractivity contribution in [2.24, 2.45) is 0 Å². The number of likely N-dealkylation sites (N-methyl/N-ethyl adjacent to an activating group) is 1. The Bertz CT molecular complexity index is 1170. The van der Waals surface area contributed by atoms with Crippen LogP contribution in [0, 0.1) is 13.8 Å². The standard InChI is InChI=1S/C26H31N5OS2/c1-17-6-9-20(16-18(17)2)27-25(32)22-24(31-14-12-30(3)13-15-31)28-23(29-26(22)34-5)19-7-10-21(33-4)11-8-19/h6-11,16H,12-15H2,1-5H3,(H,27,32). The van der Waals surface area contributed by atoms with Crippen LogP contribution in [0.3, 0.4) is 0 Å².